The number of ether oxygens (including phenoxy) is 1. The third-order valence-electron chi connectivity index (χ3n) is 4.80. The van der Waals surface area contributed by atoms with Crippen molar-refractivity contribution in [2.24, 2.45) is 5.41 Å². The molecule has 0 saturated heterocycles. The van der Waals surface area contributed by atoms with Gasteiger partial charge in [-0.15, -0.1) is 0 Å². The van der Waals surface area contributed by atoms with E-state index in [2.05, 4.69) is 6.92 Å². The quantitative estimate of drug-likeness (QED) is 0.683. The van der Waals surface area contributed by atoms with Gasteiger partial charge in [0.2, 0.25) is 0 Å². The van der Waals surface area contributed by atoms with E-state index in [9.17, 15) is 4.79 Å². The first-order valence-corrected chi connectivity index (χ1v) is 7.98. The van der Waals surface area contributed by atoms with E-state index in [-0.39, 0.29) is 17.5 Å². The molecule has 104 valence electrons. The summed E-state index contributed by atoms with van der Waals surface area (Å²) in [7, 11) is 0. The molecule has 0 radical (unpaired) electrons. The van der Waals surface area contributed by atoms with E-state index in [0.29, 0.717) is 0 Å². The van der Waals surface area contributed by atoms with Gasteiger partial charge in [-0.1, -0.05) is 39.0 Å². The summed E-state index contributed by atoms with van der Waals surface area (Å²) in [6.45, 7) is 2.18. The fourth-order valence-corrected chi connectivity index (χ4v) is 3.72. The molecule has 0 aliphatic heterocycles. The Balaban J connectivity index is 1.94. The van der Waals surface area contributed by atoms with Crippen molar-refractivity contribution in [3.63, 3.8) is 0 Å². The highest BCUT2D eigenvalue weighted by Crippen LogP contribution is 2.42. The van der Waals surface area contributed by atoms with Crippen LogP contribution >= 0.6 is 0 Å². The van der Waals surface area contributed by atoms with Gasteiger partial charge in [0, 0.05) is 0 Å². The first kappa shape index (κ1) is 13.9. The fraction of sp³-hybridized carbons (Fsp3) is 0.938. The molecule has 2 aliphatic rings. The lowest BCUT2D eigenvalue weighted by Crippen LogP contribution is -2.37. The molecule has 2 aliphatic carbocycles. The van der Waals surface area contributed by atoms with Crippen LogP contribution < -0.4 is 0 Å². The summed E-state index contributed by atoms with van der Waals surface area (Å²) in [6.07, 6.45) is 14.1. The van der Waals surface area contributed by atoms with Crippen LogP contribution in [0.1, 0.15) is 84.0 Å². The second-order valence-corrected chi connectivity index (χ2v) is 6.26. The number of esters is 1. The van der Waals surface area contributed by atoms with Gasteiger partial charge in [-0.05, 0) is 44.9 Å². The molecule has 2 heteroatoms. The zero-order valence-electron chi connectivity index (χ0n) is 11.9. The minimum absolute atomic E-state index is 0.121. The number of hydrogen-bond acceptors (Lipinski definition) is 2. The van der Waals surface area contributed by atoms with Crippen LogP contribution in [0.25, 0.3) is 0 Å². The van der Waals surface area contributed by atoms with Crippen molar-refractivity contribution in [1.82, 2.24) is 0 Å². The Morgan fingerprint density at radius 3 is 2.28 bits per heavy atom. The average molecular weight is 252 g/mol. The average Bonchev–Trinajstić information content (AvgIpc) is 2.41. The second kappa shape index (κ2) is 6.58. The molecule has 18 heavy (non-hydrogen) atoms. The predicted octanol–water partition coefficient (Wildman–Crippen LogP) is 4.61. The molecule has 0 aromatic rings. The standard InChI is InChI=1S/C16H28O2/c1-2-11-16(12-7-4-8-13-16)15(17)18-14-9-5-3-6-10-14/h14H,2-13H2,1H3. The molecule has 2 saturated carbocycles. The predicted molar refractivity (Wildman–Crippen MR) is 73.4 cm³/mol. The Morgan fingerprint density at radius 2 is 1.67 bits per heavy atom. The summed E-state index contributed by atoms with van der Waals surface area (Å²) < 4.78 is 5.85. The van der Waals surface area contributed by atoms with E-state index in [1.165, 1.54) is 38.5 Å². The summed E-state index contributed by atoms with van der Waals surface area (Å²) in [4.78, 5) is 12.6. The molecule has 0 atom stereocenters. The molecule has 0 aromatic carbocycles. The van der Waals surface area contributed by atoms with E-state index < -0.39 is 0 Å². The Bertz CT molecular complexity index is 255. The lowest BCUT2D eigenvalue weighted by Gasteiger charge is -2.36. The lowest BCUT2D eigenvalue weighted by atomic mass is 9.71. The van der Waals surface area contributed by atoms with Crippen molar-refractivity contribution >= 4 is 5.97 Å². The molecule has 0 bridgehead atoms. The zero-order valence-corrected chi connectivity index (χ0v) is 11.9. The van der Waals surface area contributed by atoms with Crippen LogP contribution in [-0.2, 0) is 9.53 Å². The summed E-state index contributed by atoms with van der Waals surface area (Å²) in [5.41, 5.74) is -0.121. The van der Waals surface area contributed by atoms with E-state index in [4.69, 9.17) is 4.74 Å². The van der Waals surface area contributed by atoms with Gasteiger partial charge >= 0.3 is 5.97 Å². The number of carbonyl (C=O) groups is 1. The van der Waals surface area contributed by atoms with Crippen molar-refractivity contribution in [3.05, 3.63) is 0 Å². The first-order chi connectivity index (χ1) is 8.77. The van der Waals surface area contributed by atoms with Crippen LogP contribution in [0.15, 0.2) is 0 Å². The monoisotopic (exact) mass is 252 g/mol. The first-order valence-electron chi connectivity index (χ1n) is 7.98. The maximum Gasteiger partial charge on any atom is 0.312 e. The second-order valence-electron chi connectivity index (χ2n) is 6.26. The highest BCUT2D eigenvalue weighted by Gasteiger charge is 2.40. The number of hydrogen-bond donors (Lipinski definition) is 0. The molecule has 2 nitrogen and oxygen atoms in total. The topological polar surface area (TPSA) is 26.3 Å². The SMILES string of the molecule is CCCC1(C(=O)OC2CCCCC2)CCCCC1. The Morgan fingerprint density at radius 1 is 1.06 bits per heavy atom. The van der Waals surface area contributed by atoms with Crippen LogP contribution in [-0.4, -0.2) is 12.1 Å². The van der Waals surface area contributed by atoms with Crippen LogP contribution in [0.2, 0.25) is 0 Å². The molecule has 0 heterocycles. The molecule has 0 N–H and O–H groups in total. The Kier molecular flexibility index (Phi) is 5.08. The van der Waals surface area contributed by atoms with Gasteiger partial charge in [-0.25, -0.2) is 0 Å². The third-order valence-corrected chi connectivity index (χ3v) is 4.80. The van der Waals surface area contributed by atoms with Crippen molar-refractivity contribution in [2.45, 2.75) is 90.1 Å². The molecule has 0 amide bonds. The molecule has 0 unspecified atom stereocenters. The van der Waals surface area contributed by atoms with Crippen molar-refractivity contribution in [2.75, 3.05) is 0 Å². The number of carbonyl (C=O) groups excluding carboxylic acids is 1. The summed E-state index contributed by atoms with van der Waals surface area (Å²) in [5, 5.41) is 0. The smallest absolute Gasteiger partial charge is 0.312 e. The lowest BCUT2D eigenvalue weighted by molar-refractivity contribution is -0.166. The van der Waals surface area contributed by atoms with Gasteiger partial charge in [-0.3, -0.25) is 4.79 Å². The maximum absolute atomic E-state index is 12.6. The molecular formula is C16H28O2. The van der Waals surface area contributed by atoms with Crippen molar-refractivity contribution in [1.29, 1.82) is 0 Å². The van der Waals surface area contributed by atoms with Crippen molar-refractivity contribution < 1.29 is 9.53 Å². The summed E-state index contributed by atoms with van der Waals surface area (Å²) >= 11 is 0. The van der Waals surface area contributed by atoms with Gasteiger partial charge < -0.3 is 4.74 Å². The van der Waals surface area contributed by atoms with E-state index in [1.807, 2.05) is 0 Å². The summed E-state index contributed by atoms with van der Waals surface area (Å²) in [6, 6.07) is 0. The van der Waals surface area contributed by atoms with Crippen molar-refractivity contribution in [3.8, 4) is 0 Å². The molecular weight excluding hydrogens is 224 g/mol. The Hall–Kier alpha value is -0.530. The van der Waals surface area contributed by atoms with Crippen LogP contribution in [0.5, 0.6) is 0 Å². The minimum Gasteiger partial charge on any atom is -0.462 e. The van der Waals surface area contributed by atoms with Crippen LogP contribution in [0.3, 0.4) is 0 Å². The van der Waals surface area contributed by atoms with Gasteiger partial charge in [-0.2, -0.15) is 0 Å². The Labute approximate surface area is 111 Å². The van der Waals surface area contributed by atoms with E-state index >= 15 is 0 Å². The zero-order chi connectivity index (χ0) is 12.8. The van der Waals surface area contributed by atoms with Gasteiger partial charge in [0.1, 0.15) is 6.10 Å². The largest absolute Gasteiger partial charge is 0.462 e. The molecule has 0 spiro atoms. The van der Waals surface area contributed by atoms with Crippen LogP contribution in [0, 0.1) is 5.41 Å². The fourth-order valence-electron chi connectivity index (χ4n) is 3.72. The minimum atomic E-state index is -0.121. The normalized spacial score (nSPS) is 24.7. The van der Waals surface area contributed by atoms with Gasteiger partial charge in [0.25, 0.3) is 0 Å². The molecule has 2 rings (SSSR count). The molecule has 0 aromatic heterocycles. The number of rotatable bonds is 4. The van der Waals surface area contributed by atoms with E-state index in [1.54, 1.807) is 0 Å². The van der Waals surface area contributed by atoms with Gasteiger partial charge in [0.05, 0.1) is 5.41 Å². The highest BCUT2D eigenvalue weighted by molar-refractivity contribution is 5.77. The van der Waals surface area contributed by atoms with Crippen LogP contribution in [0.4, 0.5) is 0 Å². The van der Waals surface area contributed by atoms with Gasteiger partial charge in [0.15, 0.2) is 0 Å². The highest BCUT2D eigenvalue weighted by atomic mass is 16.5. The molecule has 2 fully saturated rings. The summed E-state index contributed by atoms with van der Waals surface area (Å²) in [5.74, 6) is 0.135. The maximum atomic E-state index is 12.6. The third kappa shape index (κ3) is 3.27. The van der Waals surface area contributed by atoms with E-state index in [0.717, 1.165) is 38.5 Å².